The van der Waals surface area contributed by atoms with Crippen LogP contribution >= 0.6 is 0 Å². The average molecular weight is 733 g/mol. The van der Waals surface area contributed by atoms with Crippen LogP contribution in [0.2, 0.25) is 0 Å². The minimum absolute atomic E-state index is 0.145. The molecule has 0 unspecified atom stereocenters. The molecule has 0 radical (unpaired) electrons. The van der Waals surface area contributed by atoms with Gasteiger partial charge in [0.25, 0.3) is 23.6 Å². The maximum Gasteiger partial charge on any atom is 0.257 e. The molecule has 0 aliphatic carbocycles. The van der Waals surface area contributed by atoms with Gasteiger partial charge in [-0.1, -0.05) is 78.9 Å². The number of carbonyl (C=O) groups excluding carboxylic acids is 4. The van der Waals surface area contributed by atoms with Crippen molar-refractivity contribution in [2.24, 2.45) is 20.0 Å². The summed E-state index contributed by atoms with van der Waals surface area (Å²) >= 11 is 0. The Morgan fingerprint density at radius 2 is 0.518 bits per heavy atom. The van der Waals surface area contributed by atoms with Crippen molar-refractivity contribution >= 4 is 69.7 Å². The molecule has 4 amide bonds. The zero-order valence-electron chi connectivity index (χ0n) is 29.3. The van der Waals surface area contributed by atoms with Gasteiger partial charge in [-0.3, -0.25) is 19.2 Å². The van der Waals surface area contributed by atoms with Gasteiger partial charge in [0.15, 0.2) is 0 Å². The summed E-state index contributed by atoms with van der Waals surface area (Å²) in [4.78, 5) is 66.3. The van der Waals surface area contributed by atoms with Gasteiger partial charge in [-0.05, 0) is 66.7 Å². The van der Waals surface area contributed by atoms with Crippen molar-refractivity contribution in [1.82, 2.24) is 21.3 Å². The molecule has 0 aromatic heterocycles. The van der Waals surface area contributed by atoms with E-state index in [0.29, 0.717) is 68.3 Å². The standard InChI is InChI=1S/2C22H14N4O2/c27-21-17-10-3-1-8-15(17)19(25-21)23-13-6-5-7-14(12-13)24-20-16-9-2-4-11-18(16)22(28)26-20;27-21-17-7-3-1-5-15(17)19(25-21)23-13-9-11-14(12-10-13)24-20-16-6-2-4-8-18(16)22(28)26-20/h2*1-12H,(H,23,25,27)(H,24,26,28). The molecule has 6 aromatic carbocycles. The molecule has 0 bridgehead atoms. The van der Waals surface area contributed by atoms with Gasteiger partial charge in [-0.2, -0.15) is 0 Å². The van der Waals surface area contributed by atoms with E-state index in [1.165, 1.54) is 0 Å². The summed E-state index contributed by atoms with van der Waals surface area (Å²) in [5.41, 5.74) is 8.34. The van der Waals surface area contributed by atoms with Crippen LogP contribution < -0.4 is 21.3 Å². The number of carbonyl (C=O) groups is 4. The third-order valence-corrected chi connectivity index (χ3v) is 9.28. The smallest absolute Gasteiger partial charge is 0.257 e. The number of fused-ring (bicyclic) bond motifs is 4. The summed E-state index contributed by atoms with van der Waals surface area (Å²) < 4.78 is 0. The Labute approximate surface area is 319 Å². The molecule has 4 N–H and O–H groups in total. The van der Waals surface area contributed by atoms with Crippen LogP contribution in [-0.2, 0) is 0 Å². The van der Waals surface area contributed by atoms with Crippen LogP contribution in [0.25, 0.3) is 0 Å². The molecule has 4 aliphatic heterocycles. The normalized spacial score (nSPS) is 17.4. The van der Waals surface area contributed by atoms with E-state index in [9.17, 15) is 19.2 Å². The number of hydrogen-bond donors (Lipinski definition) is 4. The summed E-state index contributed by atoms with van der Waals surface area (Å²) in [6.07, 6.45) is 0. The van der Waals surface area contributed by atoms with Crippen LogP contribution in [0.5, 0.6) is 0 Å². The number of hydrogen-bond acceptors (Lipinski definition) is 8. The number of rotatable bonds is 4. The summed E-state index contributed by atoms with van der Waals surface area (Å²) in [6, 6.07) is 44.0. The van der Waals surface area contributed by atoms with Crippen molar-refractivity contribution < 1.29 is 19.2 Å². The quantitative estimate of drug-likeness (QED) is 0.159. The second-order valence-corrected chi connectivity index (χ2v) is 12.9. The first-order chi connectivity index (χ1) is 27.4. The molecule has 6 aromatic rings. The lowest BCUT2D eigenvalue weighted by Crippen LogP contribution is -2.21. The Bertz CT molecular complexity index is 2600. The largest absolute Gasteiger partial charge is 0.306 e. The highest BCUT2D eigenvalue weighted by Gasteiger charge is 2.27. The summed E-state index contributed by atoms with van der Waals surface area (Å²) in [5, 5.41) is 11.2. The van der Waals surface area contributed by atoms with Gasteiger partial charge >= 0.3 is 0 Å². The highest BCUT2D eigenvalue weighted by atomic mass is 16.2. The minimum Gasteiger partial charge on any atom is -0.306 e. The van der Waals surface area contributed by atoms with Gasteiger partial charge < -0.3 is 21.3 Å². The predicted molar refractivity (Wildman–Crippen MR) is 213 cm³/mol. The molecule has 4 aliphatic rings. The highest BCUT2D eigenvalue weighted by Crippen LogP contribution is 2.27. The van der Waals surface area contributed by atoms with Gasteiger partial charge in [0, 0.05) is 22.3 Å². The van der Waals surface area contributed by atoms with Crippen LogP contribution in [0, 0.1) is 0 Å². The first-order valence-electron chi connectivity index (χ1n) is 17.6. The lowest BCUT2D eigenvalue weighted by Gasteiger charge is -2.02. The lowest BCUT2D eigenvalue weighted by atomic mass is 10.1. The fraction of sp³-hybridized carbons (Fsp3) is 0. The summed E-state index contributed by atoms with van der Waals surface area (Å²) in [5.74, 6) is 1.51. The van der Waals surface area contributed by atoms with Crippen LogP contribution in [-0.4, -0.2) is 47.0 Å². The zero-order valence-corrected chi connectivity index (χ0v) is 29.3. The second-order valence-electron chi connectivity index (χ2n) is 12.9. The molecule has 268 valence electrons. The molecule has 12 heteroatoms. The van der Waals surface area contributed by atoms with Crippen LogP contribution in [0.15, 0.2) is 166 Å². The highest BCUT2D eigenvalue weighted by molar-refractivity contribution is 6.26. The Morgan fingerprint density at radius 3 is 0.804 bits per heavy atom. The Balaban J connectivity index is 0.000000146. The molecule has 0 fully saturated rings. The average Bonchev–Trinajstić information content (AvgIpc) is 3.93. The van der Waals surface area contributed by atoms with E-state index >= 15 is 0 Å². The van der Waals surface area contributed by atoms with Crippen LogP contribution in [0.3, 0.4) is 0 Å². The Morgan fingerprint density at radius 1 is 0.268 bits per heavy atom. The maximum absolute atomic E-state index is 12.1. The SMILES string of the molecule is O=C1NC(=Nc2ccc(N=C3NC(=O)c4ccccc43)cc2)c2ccccc21.O=C1NC(=Nc2cccc(N=C3NC(=O)c4ccccc43)c2)c2ccccc21. The Hall–Kier alpha value is -8.12. The molecule has 0 saturated heterocycles. The molecule has 56 heavy (non-hydrogen) atoms. The van der Waals surface area contributed by atoms with Crippen molar-refractivity contribution in [3.63, 3.8) is 0 Å². The van der Waals surface area contributed by atoms with Crippen molar-refractivity contribution in [2.45, 2.75) is 0 Å². The number of aliphatic imine (C=N–C) groups is 4. The van der Waals surface area contributed by atoms with Gasteiger partial charge in [-0.25, -0.2) is 20.0 Å². The molecule has 12 nitrogen and oxygen atoms in total. The third-order valence-electron chi connectivity index (χ3n) is 9.28. The van der Waals surface area contributed by atoms with E-state index in [0.717, 1.165) is 22.3 Å². The number of nitrogens with one attached hydrogen (secondary N) is 4. The number of amidine groups is 4. The molecule has 4 heterocycles. The predicted octanol–water partition coefficient (Wildman–Crippen LogP) is 6.66. The fourth-order valence-electron chi connectivity index (χ4n) is 6.62. The van der Waals surface area contributed by atoms with E-state index in [4.69, 9.17) is 0 Å². The molecular weight excluding hydrogens is 705 g/mol. The van der Waals surface area contributed by atoms with Crippen molar-refractivity contribution in [3.8, 4) is 0 Å². The molecule has 10 rings (SSSR count). The summed E-state index contributed by atoms with van der Waals surface area (Å²) in [7, 11) is 0. The molecule has 0 atom stereocenters. The van der Waals surface area contributed by atoms with Crippen molar-refractivity contribution in [2.75, 3.05) is 0 Å². The van der Waals surface area contributed by atoms with E-state index < -0.39 is 0 Å². The topological polar surface area (TPSA) is 166 Å². The van der Waals surface area contributed by atoms with E-state index in [1.807, 2.05) is 115 Å². The van der Waals surface area contributed by atoms with Gasteiger partial charge in [-0.15, -0.1) is 0 Å². The van der Waals surface area contributed by atoms with Gasteiger partial charge in [0.1, 0.15) is 23.3 Å². The third kappa shape index (κ3) is 6.43. The molecular formula is C44H28N8O4. The monoisotopic (exact) mass is 732 g/mol. The van der Waals surface area contributed by atoms with Crippen molar-refractivity contribution in [3.05, 3.63) is 190 Å². The van der Waals surface area contributed by atoms with Crippen LogP contribution in [0.4, 0.5) is 22.7 Å². The number of nitrogens with zero attached hydrogens (tertiary/aromatic N) is 4. The number of benzene rings is 6. The Kier molecular flexibility index (Phi) is 8.44. The second kappa shape index (κ2) is 14.0. The molecule has 0 saturated carbocycles. The van der Waals surface area contributed by atoms with E-state index in [1.54, 1.807) is 30.3 Å². The van der Waals surface area contributed by atoms with E-state index in [-0.39, 0.29) is 23.6 Å². The van der Waals surface area contributed by atoms with E-state index in [2.05, 4.69) is 41.2 Å². The zero-order chi connectivity index (χ0) is 38.2. The maximum atomic E-state index is 12.1. The van der Waals surface area contributed by atoms with Gasteiger partial charge in [0.05, 0.1) is 45.0 Å². The first-order valence-corrected chi connectivity index (χ1v) is 17.6. The number of amides is 4. The first kappa shape index (κ1) is 33.7. The molecule has 0 spiro atoms. The fourth-order valence-corrected chi connectivity index (χ4v) is 6.62. The lowest BCUT2D eigenvalue weighted by molar-refractivity contribution is 0.0975. The van der Waals surface area contributed by atoms with Gasteiger partial charge in [0.2, 0.25) is 0 Å². The van der Waals surface area contributed by atoms with Crippen molar-refractivity contribution in [1.29, 1.82) is 0 Å². The minimum atomic E-state index is -0.156. The summed E-state index contributed by atoms with van der Waals surface area (Å²) in [6.45, 7) is 0. The van der Waals surface area contributed by atoms with Crippen LogP contribution in [0.1, 0.15) is 63.7 Å².